The molecule has 0 amide bonds. The minimum Gasteiger partial charge on any atom is -0.207 e. The predicted molar refractivity (Wildman–Crippen MR) is 88.5 cm³/mol. The monoisotopic (exact) mass is 335 g/mol. The Kier molecular flexibility index (Phi) is 4.26. The molecule has 0 saturated carbocycles. The van der Waals surface area contributed by atoms with E-state index >= 15 is 0 Å². The first-order valence-corrected chi connectivity index (χ1v) is 9.13. The van der Waals surface area contributed by atoms with Crippen LogP contribution < -0.4 is 0 Å². The summed E-state index contributed by atoms with van der Waals surface area (Å²) in [7, 11) is -1.86. The number of nitrogens with zero attached hydrogens (tertiary/aromatic N) is 1. The van der Waals surface area contributed by atoms with Crippen LogP contribution in [0.2, 0.25) is 5.02 Å². The number of rotatable bonds is 3. The first-order valence-electron chi connectivity index (χ1n) is 7.31. The van der Waals surface area contributed by atoms with E-state index in [0.717, 1.165) is 24.8 Å². The van der Waals surface area contributed by atoms with Crippen molar-refractivity contribution < 1.29 is 8.42 Å². The van der Waals surface area contributed by atoms with E-state index < -0.39 is 10.0 Å². The highest BCUT2D eigenvalue weighted by Gasteiger charge is 2.31. The Balaban J connectivity index is 1.97. The quantitative estimate of drug-likeness (QED) is 0.849. The Morgan fingerprint density at radius 3 is 2.50 bits per heavy atom. The molecule has 0 radical (unpaired) electrons. The second-order valence-corrected chi connectivity index (χ2v) is 8.02. The van der Waals surface area contributed by atoms with Gasteiger partial charge in [-0.25, -0.2) is 8.42 Å². The Bertz CT molecular complexity index is 772. The van der Waals surface area contributed by atoms with Crippen molar-refractivity contribution in [2.24, 2.45) is 0 Å². The molecular formula is C17H18ClNO2S. The van der Waals surface area contributed by atoms with Crippen LogP contribution in [0.1, 0.15) is 30.0 Å². The molecule has 0 saturated heterocycles. The second-order valence-electron chi connectivity index (χ2n) is 5.58. The number of fused-ring (bicyclic) bond motifs is 1. The SMILES string of the molecule is CN([C@H]1CCCc2ccccc21)S(=O)(=O)c1ccc(Cl)cc1. The van der Waals surface area contributed by atoms with Crippen molar-refractivity contribution in [1.29, 1.82) is 0 Å². The van der Waals surface area contributed by atoms with Crippen LogP contribution in [0.4, 0.5) is 0 Å². The van der Waals surface area contributed by atoms with E-state index in [2.05, 4.69) is 6.07 Å². The van der Waals surface area contributed by atoms with E-state index in [1.54, 1.807) is 31.3 Å². The molecule has 0 aromatic heterocycles. The molecule has 0 unspecified atom stereocenters. The molecule has 3 rings (SSSR count). The summed E-state index contributed by atoms with van der Waals surface area (Å²) in [4.78, 5) is 0.280. The molecule has 0 aliphatic heterocycles. The van der Waals surface area contributed by atoms with Crippen LogP contribution in [0.5, 0.6) is 0 Å². The third kappa shape index (κ3) is 2.78. The third-order valence-electron chi connectivity index (χ3n) is 4.27. The Hall–Kier alpha value is -1.36. The number of hydrogen-bond acceptors (Lipinski definition) is 2. The molecule has 0 bridgehead atoms. The normalized spacial score (nSPS) is 18.2. The van der Waals surface area contributed by atoms with E-state index in [9.17, 15) is 8.42 Å². The zero-order valence-corrected chi connectivity index (χ0v) is 13.9. The largest absolute Gasteiger partial charge is 0.243 e. The topological polar surface area (TPSA) is 37.4 Å². The molecule has 22 heavy (non-hydrogen) atoms. The molecule has 2 aromatic rings. The van der Waals surface area contributed by atoms with Crippen LogP contribution in [0, 0.1) is 0 Å². The zero-order chi connectivity index (χ0) is 15.7. The molecule has 1 aliphatic carbocycles. The Morgan fingerprint density at radius 2 is 1.77 bits per heavy atom. The standard InChI is InChI=1S/C17H18ClNO2S/c1-19(22(20,21)15-11-9-14(18)10-12-15)17-8-4-6-13-5-2-3-7-16(13)17/h2-3,5,7,9-12,17H,4,6,8H2,1H3/t17-/m0/s1. The van der Waals surface area contributed by atoms with Crippen molar-refractivity contribution in [3.63, 3.8) is 0 Å². The molecule has 0 spiro atoms. The van der Waals surface area contributed by atoms with Crippen LogP contribution in [0.3, 0.4) is 0 Å². The van der Waals surface area contributed by atoms with Gasteiger partial charge in [0.1, 0.15) is 0 Å². The molecule has 5 heteroatoms. The summed E-state index contributed by atoms with van der Waals surface area (Å²) in [6, 6.07) is 14.3. The summed E-state index contributed by atoms with van der Waals surface area (Å²) in [5, 5.41) is 0.532. The molecule has 3 nitrogen and oxygen atoms in total. The van der Waals surface area contributed by atoms with Crippen molar-refractivity contribution in [3.8, 4) is 0 Å². The maximum atomic E-state index is 12.8. The second kappa shape index (κ2) is 6.03. The minimum atomic E-state index is -3.52. The van der Waals surface area contributed by atoms with Crippen molar-refractivity contribution in [1.82, 2.24) is 4.31 Å². The summed E-state index contributed by atoms with van der Waals surface area (Å²) in [6.45, 7) is 0. The summed E-state index contributed by atoms with van der Waals surface area (Å²) in [6.07, 6.45) is 2.87. The fourth-order valence-corrected chi connectivity index (χ4v) is 4.54. The van der Waals surface area contributed by atoms with Crippen LogP contribution in [-0.2, 0) is 16.4 Å². The lowest BCUT2D eigenvalue weighted by Crippen LogP contribution is -2.33. The number of halogens is 1. The maximum absolute atomic E-state index is 12.8. The molecule has 0 heterocycles. The van der Waals surface area contributed by atoms with Crippen LogP contribution >= 0.6 is 11.6 Å². The number of sulfonamides is 1. The first kappa shape index (κ1) is 15.5. The van der Waals surface area contributed by atoms with Crippen LogP contribution in [0.25, 0.3) is 0 Å². The Morgan fingerprint density at radius 1 is 1.09 bits per heavy atom. The van der Waals surface area contributed by atoms with Gasteiger partial charge >= 0.3 is 0 Å². The van der Waals surface area contributed by atoms with Crippen LogP contribution in [0.15, 0.2) is 53.4 Å². The number of benzene rings is 2. The van der Waals surface area contributed by atoms with Gasteiger partial charge < -0.3 is 0 Å². The van der Waals surface area contributed by atoms with Gasteiger partial charge in [0.25, 0.3) is 0 Å². The van der Waals surface area contributed by atoms with Crippen molar-refractivity contribution in [2.45, 2.75) is 30.2 Å². The summed E-state index contributed by atoms with van der Waals surface area (Å²) in [5.74, 6) is 0. The predicted octanol–water partition coefficient (Wildman–Crippen LogP) is 4.04. The van der Waals surface area contributed by atoms with Gasteiger partial charge in [-0.05, 0) is 54.7 Å². The summed E-state index contributed by atoms with van der Waals surface area (Å²) in [5.41, 5.74) is 2.37. The highest BCUT2D eigenvalue weighted by atomic mass is 35.5. The number of aryl methyl sites for hydroxylation is 1. The Labute approximate surface area is 136 Å². The van der Waals surface area contributed by atoms with Gasteiger partial charge in [0, 0.05) is 18.1 Å². The molecule has 2 aromatic carbocycles. The van der Waals surface area contributed by atoms with E-state index in [1.807, 2.05) is 18.2 Å². The highest BCUT2D eigenvalue weighted by molar-refractivity contribution is 7.89. The first-order chi connectivity index (χ1) is 10.5. The summed E-state index contributed by atoms with van der Waals surface area (Å²) < 4.78 is 27.2. The van der Waals surface area contributed by atoms with Crippen molar-refractivity contribution in [3.05, 3.63) is 64.7 Å². The molecule has 1 aliphatic rings. The third-order valence-corrected chi connectivity index (χ3v) is 6.40. The fourth-order valence-electron chi connectivity index (χ4n) is 3.05. The van der Waals surface area contributed by atoms with Gasteiger partial charge in [0.05, 0.1) is 4.90 Å². The highest BCUT2D eigenvalue weighted by Crippen LogP contribution is 2.36. The van der Waals surface area contributed by atoms with Gasteiger partial charge in [-0.15, -0.1) is 0 Å². The summed E-state index contributed by atoms with van der Waals surface area (Å²) >= 11 is 5.85. The molecule has 116 valence electrons. The van der Waals surface area contributed by atoms with E-state index in [0.29, 0.717) is 5.02 Å². The fraction of sp³-hybridized carbons (Fsp3) is 0.294. The molecular weight excluding hydrogens is 318 g/mol. The molecule has 1 atom stereocenters. The lowest BCUT2D eigenvalue weighted by atomic mass is 9.88. The van der Waals surface area contributed by atoms with Crippen molar-refractivity contribution in [2.75, 3.05) is 7.05 Å². The average molecular weight is 336 g/mol. The van der Waals surface area contributed by atoms with Crippen molar-refractivity contribution >= 4 is 21.6 Å². The van der Waals surface area contributed by atoms with Gasteiger partial charge in [-0.3, -0.25) is 0 Å². The van der Waals surface area contributed by atoms with Gasteiger partial charge in [-0.1, -0.05) is 35.9 Å². The van der Waals surface area contributed by atoms with Gasteiger partial charge in [-0.2, -0.15) is 4.31 Å². The van der Waals surface area contributed by atoms with E-state index in [4.69, 9.17) is 11.6 Å². The lowest BCUT2D eigenvalue weighted by molar-refractivity contribution is 0.337. The van der Waals surface area contributed by atoms with E-state index in [1.165, 1.54) is 9.87 Å². The molecule has 0 N–H and O–H groups in total. The minimum absolute atomic E-state index is 0.106. The van der Waals surface area contributed by atoms with E-state index in [-0.39, 0.29) is 10.9 Å². The van der Waals surface area contributed by atoms with Crippen LogP contribution in [-0.4, -0.2) is 19.8 Å². The van der Waals surface area contributed by atoms with Gasteiger partial charge in [0.15, 0.2) is 0 Å². The maximum Gasteiger partial charge on any atom is 0.243 e. The van der Waals surface area contributed by atoms with Gasteiger partial charge in [0.2, 0.25) is 10.0 Å². The zero-order valence-electron chi connectivity index (χ0n) is 12.4. The molecule has 0 fully saturated rings. The number of hydrogen-bond donors (Lipinski definition) is 0. The average Bonchev–Trinajstić information content (AvgIpc) is 2.54. The smallest absolute Gasteiger partial charge is 0.207 e. The lowest BCUT2D eigenvalue weighted by Gasteiger charge is -2.32.